The molecule has 0 amide bonds. The Balaban J connectivity index is 2.03. The standard InChI is InChI=1S/C18H20ClN3/c1-2-3-4-5-9-15-14-8-6-7-10-16(14)18(21-17(15)19)22-12-11-20-13-22/h6-8,10-13H,2-5,9H2,1H3. The van der Waals surface area contributed by atoms with Gasteiger partial charge in [0.2, 0.25) is 0 Å². The molecule has 0 aliphatic carbocycles. The van der Waals surface area contributed by atoms with Crippen molar-refractivity contribution in [1.29, 1.82) is 0 Å². The summed E-state index contributed by atoms with van der Waals surface area (Å²) in [6.45, 7) is 2.23. The van der Waals surface area contributed by atoms with E-state index in [0.717, 1.165) is 29.6 Å². The van der Waals surface area contributed by atoms with Gasteiger partial charge in [-0.25, -0.2) is 9.97 Å². The summed E-state index contributed by atoms with van der Waals surface area (Å²) in [6, 6.07) is 8.34. The van der Waals surface area contributed by atoms with Crippen molar-refractivity contribution >= 4 is 22.4 Å². The summed E-state index contributed by atoms with van der Waals surface area (Å²) < 4.78 is 1.91. The number of halogens is 1. The van der Waals surface area contributed by atoms with Gasteiger partial charge in [0.15, 0.2) is 0 Å². The lowest BCUT2D eigenvalue weighted by Gasteiger charge is -2.13. The molecule has 0 radical (unpaired) electrons. The van der Waals surface area contributed by atoms with Gasteiger partial charge in [-0.3, -0.25) is 4.57 Å². The molecule has 3 nitrogen and oxygen atoms in total. The van der Waals surface area contributed by atoms with E-state index in [1.54, 1.807) is 12.5 Å². The minimum Gasteiger partial charge on any atom is -0.290 e. The zero-order chi connectivity index (χ0) is 15.4. The van der Waals surface area contributed by atoms with Crippen molar-refractivity contribution in [3.05, 3.63) is 53.7 Å². The van der Waals surface area contributed by atoms with Crippen molar-refractivity contribution in [3.8, 4) is 5.82 Å². The molecule has 4 heteroatoms. The largest absolute Gasteiger partial charge is 0.290 e. The monoisotopic (exact) mass is 313 g/mol. The minimum absolute atomic E-state index is 0.610. The number of rotatable bonds is 6. The third kappa shape index (κ3) is 3.00. The summed E-state index contributed by atoms with van der Waals surface area (Å²) >= 11 is 6.49. The maximum Gasteiger partial charge on any atom is 0.147 e. The van der Waals surface area contributed by atoms with E-state index < -0.39 is 0 Å². The Morgan fingerprint density at radius 2 is 1.91 bits per heavy atom. The molecule has 1 aromatic carbocycles. The Morgan fingerprint density at radius 3 is 2.64 bits per heavy atom. The van der Waals surface area contributed by atoms with Crippen LogP contribution in [0.2, 0.25) is 5.15 Å². The Hall–Kier alpha value is -1.87. The lowest BCUT2D eigenvalue weighted by atomic mass is 10.0. The summed E-state index contributed by atoms with van der Waals surface area (Å²) in [5.41, 5.74) is 1.16. The first-order valence-corrected chi connectivity index (χ1v) is 8.24. The molecule has 0 bridgehead atoms. The summed E-state index contributed by atoms with van der Waals surface area (Å²) in [5.74, 6) is 0.843. The number of nitrogens with zero attached hydrogens (tertiary/aromatic N) is 3. The number of hydrogen-bond donors (Lipinski definition) is 0. The Kier molecular flexibility index (Phi) is 4.74. The third-order valence-corrected chi connectivity index (χ3v) is 4.29. The van der Waals surface area contributed by atoms with Crippen LogP contribution >= 0.6 is 11.6 Å². The fourth-order valence-corrected chi connectivity index (χ4v) is 3.10. The molecule has 2 aromatic heterocycles. The van der Waals surface area contributed by atoms with E-state index in [4.69, 9.17) is 11.6 Å². The molecule has 3 aromatic rings. The van der Waals surface area contributed by atoms with Crippen LogP contribution in [-0.2, 0) is 6.42 Å². The summed E-state index contributed by atoms with van der Waals surface area (Å²) in [5, 5.41) is 2.93. The van der Waals surface area contributed by atoms with Crippen molar-refractivity contribution in [2.75, 3.05) is 0 Å². The van der Waals surface area contributed by atoms with Crippen LogP contribution in [-0.4, -0.2) is 14.5 Å². The number of unbranched alkanes of at least 4 members (excludes halogenated alkanes) is 3. The lowest BCUT2D eigenvalue weighted by molar-refractivity contribution is 0.667. The highest BCUT2D eigenvalue weighted by Gasteiger charge is 2.13. The molecule has 0 aliphatic rings. The van der Waals surface area contributed by atoms with Gasteiger partial charge in [-0.2, -0.15) is 0 Å². The smallest absolute Gasteiger partial charge is 0.147 e. The van der Waals surface area contributed by atoms with Gasteiger partial charge in [-0.1, -0.05) is 62.1 Å². The van der Waals surface area contributed by atoms with Crippen molar-refractivity contribution in [2.24, 2.45) is 0 Å². The number of aromatic nitrogens is 3. The number of aryl methyl sites for hydroxylation is 1. The predicted octanol–water partition coefficient (Wildman–Crippen LogP) is 5.20. The highest BCUT2D eigenvalue weighted by molar-refractivity contribution is 6.31. The van der Waals surface area contributed by atoms with Gasteiger partial charge in [-0.05, 0) is 23.8 Å². The lowest BCUT2D eigenvalue weighted by Crippen LogP contribution is -2.01. The quantitative estimate of drug-likeness (QED) is 0.463. The van der Waals surface area contributed by atoms with Gasteiger partial charge in [0.25, 0.3) is 0 Å². The Bertz CT molecular complexity index is 750. The van der Waals surface area contributed by atoms with Crippen LogP contribution in [0.5, 0.6) is 0 Å². The molecule has 0 spiro atoms. The first-order chi connectivity index (χ1) is 10.8. The highest BCUT2D eigenvalue weighted by atomic mass is 35.5. The molecular weight excluding hydrogens is 294 g/mol. The first kappa shape index (κ1) is 15.0. The number of hydrogen-bond acceptors (Lipinski definition) is 2. The van der Waals surface area contributed by atoms with Crippen molar-refractivity contribution in [1.82, 2.24) is 14.5 Å². The van der Waals surface area contributed by atoms with Gasteiger partial charge in [0.1, 0.15) is 17.3 Å². The molecule has 0 fully saturated rings. The molecule has 0 saturated heterocycles. The van der Waals surface area contributed by atoms with Gasteiger partial charge < -0.3 is 0 Å². The van der Waals surface area contributed by atoms with E-state index in [1.807, 2.05) is 16.8 Å². The molecule has 22 heavy (non-hydrogen) atoms. The molecular formula is C18H20ClN3. The van der Waals surface area contributed by atoms with Crippen LogP contribution in [0.3, 0.4) is 0 Å². The van der Waals surface area contributed by atoms with Gasteiger partial charge in [0.05, 0.1) is 0 Å². The zero-order valence-electron chi connectivity index (χ0n) is 12.8. The second-order valence-corrected chi connectivity index (χ2v) is 5.89. The second kappa shape index (κ2) is 6.93. The van der Waals surface area contributed by atoms with E-state index in [2.05, 4.69) is 35.1 Å². The Morgan fingerprint density at radius 1 is 1.09 bits per heavy atom. The van der Waals surface area contributed by atoms with Crippen molar-refractivity contribution in [3.63, 3.8) is 0 Å². The normalized spacial score (nSPS) is 11.2. The van der Waals surface area contributed by atoms with Crippen LogP contribution in [0.1, 0.15) is 38.2 Å². The van der Waals surface area contributed by atoms with Crippen molar-refractivity contribution < 1.29 is 0 Å². The van der Waals surface area contributed by atoms with Crippen LogP contribution in [0.25, 0.3) is 16.6 Å². The van der Waals surface area contributed by atoms with Crippen LogP contribution in [0.15, 0.2) is 43.0 Å². The number of fused-ring (bicyclic) bond motifs is 1. The van der Waals surface area contributed by atoms with E-state index in [1.165, 1.54) is 24.6 Å². The van der Waals surface area contributed by atoms with Gasteiger partial charge >= 0.3 is 0 Å². The molecule has 0 unspecified atom stereocenters. The Labute approximate surface area is 136 Å². The molecule has 3 rings (SSSR count). The van der Waals surface area contributed by atoms with Crippen LogP contribution < -0.4 is 0 Å². The first-order valence-electron chi connectivity index (χ1n) is 7.86. The van der Waals surface area contributed by atoms with Gasteiger partial charge in [-0.15, -0.1) is 0 Å². The third-order valence-electron chi connectivity index (χ3n) is 3.98. The van der Waals surface area contributed by atoms with E-state index in [9.17, 15) is 0 Å². The SMILES string of the molecule is CCCCCCc1c(Cl)nc(-n2ccnc2)c2ccccc12. The zero-order valence-corrected chi connectivity index (χ0v) is 13.6. The summed E-state index contributed by atoms with van der Waals surface area (Å²) in [6.07, 6.45) is 11.3. The second-order valence-electron chi connectivity index (χ2n) is 5.53. The maximum absolute atomic E-state index is 6.49. The topological polar surface area (TPSA) is 30.7 Å². The van der Waals surface area contributed by atoms with E-state index in [0.29, 0.717) is 5.15 Å². The fraction of sp³-hybridized carbons (Fsp3) is 0.333. The maximum atomic E-state index is 6.49. The predicted molar refractivity (Wildman–Crippen MR) is 91.7 cm³/mol. The van der Waals surface area contributed by atoms with Crippen LogP contribution in [0.4, 0.5) is 0 Å². The molecule has 0 atom stereocenters. The van der Waals surface area contributed by atoms with Crippen molar-refractivity contribution in [2.45, 2.75) is 39.0 Å². The molecule has 0 aliphatic heterocycles. The molecule has 2 heterocycles. The molecule has 0 N–H and O–H groups in total. The number of pyridine rings is 1. The van der Waals surface area contributed by atoms with E-state index >= 15 is 0 Å². The number of imidazole rings is 1. The van der Waals surface area contributed by atoms with Crippen LogP contribution in [0, 0.1) is 0 Å². The summed E-state index contributed by atoms with van der Waals surface area (Å²) in [7, 11) is 0. The molecule has 114 valence electrons. The van der Waals surface area contributed by atoms with E-state index in [-0.39, 0.29) is 0 Å². The van der Waals surface area contributed by atoms with Gasteiger partial charge in [0, 0.05) is 17.8 Å². The minimum atomic E-state index is 0.610. The highest BCUT2D eigenvalue weighted by Crippen LogP contribution is 2.30. The average molecular weight is 314 g/mol. The fourth-order valence-electron chi connectivity index (χ4n) is 2.82. The molecule has 0 saturated carbocycles. The average Bonchev–Trinajstić information content (AvgIpc) is 3.07. The summed E-state index contributed by atoms with van der Waals surface area (Å²) in [4.78, 5) is 8.74. The number of benzene rings is 1.